The molecule has 0 aromatic heterocycles. The summed E-state index contributed by atoms with van der Waals surface area (Å²) in [6.45, 7) is 1.56. The molecule has 0 fully saturated rings. The lowest BCUT2D eigenvalue weighted by atomic mass is 10.0. The van der Waals surface area contributed by atoms with E-state index < -0.39 is 23.8 Å². The van der Waals surface area contributed by atoms with Crippen LogP contribution in [0.15, 0.2) is 35.3 Å². The van der Waals surface area contributed by atoms with Gasteiger partial charge in [0.05, 0.1) is 6.61 Å². The Balaban J connectivity index is 2.54. The van der Waals surface area contributed by atoms with Gasteiger partial charge in [0, 0.05) is 5.56 Å². The molecular weight excluding hydrogens is 263 g/mol. The Morgan fingerprint density at radius 1 is 1.32 bits per heavy atom. The Morgan fingerprint density at radius 2 is 1.95 bits per heavy atom. The third kappa shape index (κ3) is 2.16. The van der Waals surface area contributed by atoms with E-state index in [1.54, 1.807) is 6.07 Å². The molecule has 7 heteroatoms. The fourth-order valence-corrected chi connectivity index (χ4v) is 1.69. The normalized spacial score (nSPS) is 22.9. The van der Waals surface area contributed by atoms with Gasteiger partial charge in [0.1, 0.15) is 0 Å². The second kappa shape index (κ2) is 4.56. The number of hydrogen-bond acceptors (Lipinski definition) is 4. The van der Waals surface area contributed by atoms with Crippen LogP contribution in [0.1, 0.15) is 12.5 Å². The van der Waals surface area contributed by atoms with E-state index in [9.17, 15) is 18.0 Å². The van der Waals surface area contributed by atoms with E-state index in [1.165, 1.54) is 31.2 Å². The molecule has 1 aliphatic heterocycles. The maximum atomic E-state index is 13.2. The fraction of sp³-hybridized carbons (Fsp3) is 0.333. The highest BCUT2D eigenvalue weighted by molar-refractivity contribution is 6.34. The van der Waals surface area contributed by atoms with Crippen LogP contribution in [0.25, 0.3) is 0 Å². The smallest absolute Gasteiger partial charge is 0.455 e. The van der Waals surface area contributed by atoms with Crippen molar-refractivity contribution in [3.63, 3.8) is 0 Å². The van der Waals surface area contributed by atoms with E-state index in [1.807, 2.05) is 0 Å². The quantitative estimate of drug-likeness (QED) is 0.777. The predicted molar refractivity (Wildman–Crippen MR) is 59.3 cm³/mol. The van der Waals surface area contributed by atoms with Crippen molar-refractivity contribution in [2.75, 3.05) is 6.61 Å². The van der Waals surface area contributed by atoms with Crippen LogP contribution in [0, 0.1) is 0 Å². The Morgan fingerprint density at radius 3 is 2.47 bits per heavy atom. The molecule has 0 spiro atoms. The van der Waals surface area contributed by atoms with E-state index in [-0.39, 0.29) is 12.2 Å². The van der Waals surface area contributed by atoms with Crippen LogP contribution in [0.4, 0.5) is 13.2 Å². The largest absolute Gasteiger partial charge is 0.473 e. The van der Waals surface area contributed by atoms with Crippen molar-refractivity contribution in [1.29, 1.82) is 0 Å². The first-order valence-electron chi connectivity index (χ1n) is 5.49. The van der Waals surface area contributed by atoms with Crippen LogP contribution in [0.2, 0.25) is 0 Å². The number of esters is 1. The van der Waals surface area contributed by atoms with Gasteiger partial charge in [0.25, 0.3) is 0 Å². The SMILES string of the molecule is CCOC1=NC(c2ccccc2)(C(F)(F)F)OC1=O. The lowest BCUT2D eigenvalue weighted by Gasteiger charge is -2.27. The minimum Gasteiger partial charge on any atom is -0.473 e. The standard InChI is InChI=1S/C12H10F3NO3/c1-2-18-9-10(17)19-11(16-9,12(13,14)15)8-6-4-3-5-7-8/h3-7H,2H2,1H3. The summed E-state index contributed by atoms with van der Waals surface area (Å²) in [5, 5.41) is 0. The Labute approximate surface area is 106 Å². The van der Waals surface area contributed by atoms with E-state index in [2.05, 4.69) is 9.73 Å². The molecular formula is C12H10F3NO3. The first kappa shape index (κ1) is 13.4. The maximum Gasteiger partial charge on any atom is 0.455 e. The molecule has 0 bridgehead atoms. The monoisotopic (exact) mass is 273 g/mol. The molecule has 0 saturated heterocycles. The minimum absolute atomic E-state index is 0.0245. The van der Waals surface area contributed by atoms with Crippen molar-refractivity contribution in [2.45, 2.75) is 18.8 Å². The van der Waals surface area contributed by atoms with Gasteiger partial charge in [0.2, 0.25) is 0 Å². The summed E-state index contributed by atoms with van der Waals surface area (Å²) >= 11 is 0. The van der Waals surface area contributed by atoms with Gasteiger partial charge in [-0.3, -0.25) is 0 Å². The van der Waals surface area contributed by atoms with E-state index in [4.69, 9.17) is 4.74 Å². The summed E-state index contributed by atoms with van der Waals surface area (Å²) in [4.78, 5) is 14.8. The average Bonchev–Trinajstić information content (AvgIpc) is 2.69. The van der Waals surface area contributed by atoms with Gasteiger partial charge in [-0.2, -0.15) is 18.2 Å². The molecule has 0 N–H and O–H groups in total. The number of hydrogen-bond donors (Lipinski definition) is 0. The zero-order chi connectivity index (χ0) is 14.1. The number of halogens is 3. The zero-order valence-electron chi connectivity index (χ0n) is 9.90. The Bertz CT molecular complexity index is 513. The van der Waals surface area contributed by atoms with Crippen molar-refractivity contribution >= 4 is 11.9 Å². The van der Waals surface area contributed by atoms with Gasteiger partial charge in [0.15, 0.2) is 0 Å². The summed E-state index contributed by atoms with van der Waals surface area (Å²) in [5.41, 5.74) is -3.29. The minimum atomic E-state index is -4.87. The highest BCUT2D eigenvalue weighted by Gasteiger charge is 2.64. The average molecular weight is 273 g/mol. The zero-order valence-corrected chi connectivity index (χ0v) is 9.90. The molecule has 2 rings (SSSR count). The van der Waals surface area contributed by atoms with E-state index in [0.717, 1.165) is 0 Å². The van der Waals surface area contributed by atoms with Crippen LogP contribution in [0.5, 0.6) is 0 Å². The third-order valence-electron chi connectivity index (χ3n) is 2.50. The summed E-state index contributed by atoms with van der Waals surface area (Å²) < 4.78 is 49.0. The van der Waals surface area contributed by atoms with Gasteiger partial charge in [-0.1, -0.05) is 30.3 Å². The molecule has 0 radical (unpaired) electrons. The highest BCUT2D eigenvalue weighted by atomic mass is 19.4. The first-order valence-corrected chi connectivity index (χ1v) is 5.49. The van der Waals surface area contributed by atoms with Crippen LogP contribution < -0.4 is 0 Å². The second-order valence-electron chi connectivity index (χ2n) is 3.75. The number of cyclic esters (lactones) is 1. The molecule has 1 heterocycles. The van der Waals surface area contributed by atoms with E-state index in [0.29, 0.717) is 0 Å². The number of rotatable bonds is 2. The summed E-state index contributed by atoms with van der Waals surface area (Å²) in [6, 6.07) is 6.76. The highest BCUT2D eigenvalue weighted by Crippen LogP contribution is 2.46. The lowest BCUT2D eigenvalue weighted by Crippen LogP contribution is -2.41. The topological polar surface area (TPSA) is 47.9 Å². The van der Waals surface area contributed by atoms with Crippen LogP contribution >= 0.6 is 0 Å². The molecule has 0 aliphatic carbocycles. The van der Waals surface area contributed by atoms with Crippen molar-refractivity contribution in [2.24, 2.45) is 4.99 Å². The number of nitrogens with zero attached hydrogens (tertiary/aromatic N) is 1. The summed E-state index contributed by atoms with van der Waals surface area (Å²) in [6.07, 6.45) is -4.87. The van der Waals surface area contributed by atoms with Crippen molar-refractivity contribution in [3.05, 3.63) is 35.9 Å². The molecule has 1 unspecified atom stereocenters. The van der Waals surface area contributed by atoms with Crippen molar-refractivity contribution < 1.29 is 27.4 Å². The maximum absolute atomic E-state index is 13.2. The Kier molecular flexibility index (Phi) is 3.21. The van der Waals surface area contributed by atoms with Crippen molar-refractivity contribution in [1.82, 2.24) is 0 Å². The van der Waals surface area contributed by atoms with Gasteiger partial charge >= 0.3 is 23.8 Å². The number of alkyl halides is 3. The molecule has 102 valence electrons. The van der Waals surface area contributed by atoms with Crippen LogP contribution in [0.3, 0.4) is 0 Å². The van der Waals surface area contributed by atoms with E-state index >= 15 is 0 Å². The molecule has 1 aliphatic rings. The Hall–Kier alpha value is -2.05. The molecule has 4 nitrogen and oxygen atoms in total. The van der Waals surface area contributed by atoms with Crippen molar-refractivity contribution in [3.8, 4) is 0 Å². The number of carbonyl (C=O) groups is 1. The summed E-state index contributed by atoms with van der Waals surface area (Å²) in [7, 11) is 0. The molecule has 19 heavy (non-hydrogen) atoms. The van der Waals surface area contributed by atoms with Gasteiger partial charge in [-0.05, 0) is 6.92 Å². The molecule has 1 atom stereocenters. The molecule has 0 saturated carbocycles. The number of carbonyl (C=O) groups excluding carboxylic acids is 1. The lowest BCUT2D eigenvalue weighted by molar-refractivity contribution is -0.265. The van der Waals surface area contributed by atoms with Gasteiger partial charge in [-0.15, -0.1) is 0 Å². The third-order valence-corrected chi connectivity index (χ3v) is 2.50. The van der Waals surface area contributed by atoms with Gasteiger partial charge in [-0.25, -0.2) is 4.79 Å². The predicted octanol–water partition coefficient (Wildman–Crippen LogP) is 2.39. The molecule has 1 aromatic carbocycles. The number of benzene rings is 1. The number of aliphatic imine (C=N–C) groups is 1. The van der Waals surface area contributed by atoms with Crippen LogP contribution in [-0.4, -0.2) is 24.7 Å². The fourth-order valence-electron chi connectivity index (χ4n) is 1.69. The number of ether oxygens (including phenoxy) is 2. The van der Waals surface area contributed by atoms with Crippen LogP contribution in [-0.2, 0) is 20.0 Å². The second-order valence-corrected chi connectivity index (χ2v) is 3.75. The molecule has 0 amide bonds. The molecule has 1 aromatic rings. The first-order chi connectivity index (χ1) is 8.90. The summed E-state index contributed by atoms with van der Waals surface area (Å²) in [5.74, 6) is -1.88. The van der Waals surface area contributed by atoms with Gasteiger partial charge < -0.3 is 9.47 Å².